The summed E-state index contributed by atoms with van der Waals surface area (Å²) in [4.78, 5) is 1.07. The molecule has 0 fully saturated rings. The normalized spacial score (nSPS) is 13.5. The Balaban J connectivity index is 2.55. The Morgan fingerprint density at radius 2 is 1.95 bits per heavy atom. The Morgan fingerprint density at radius 1 is 1.25 bits per heavy atom. The second kappa shape index (κ2) is 5.87. The number of rotatable bonds is 3. The van der Waals surface area contributed by atoms with E-state index in [0.717, 1.165) is 16.5 Å². The molecular formula is C14H13BrF3NS. The van der Waals surface area contributed by atoms with Gasteiger partial charge in [0.1, 0.15) is 0 Å². The summed E-state index contributed by atoms with van der Waals surface area (Å²) in [5.41, 5.74) is 0.471. The van der Waals surface area contributed by atoms with Crippen LogP contribution in [0.1, 0.15) is 27.6 Å². The van der Waals surface area contributed by atoms with Gasteiger partial charge in [-0.25, -0.2) is 0 Å². The minimum absolute atomic E-state index is 0.237. The highest BCUT2D eigenvalue weighted by Crippen LogP contribution is 2.38. The van der Waals surface area contributed by atoms with E-state index in [1.54, 1.807) is 13.1 Å². The SMILES string of the molecule is CNC(c1csc(C)c1)c1ccc(Br)cc1C(F)(F)F. The topological polar surface area (TPSA) is 12.0 Å². The van der Waals surface area contributed by atoms with Crippen molar-refractivity contribution in [2.45, 2.75) is 19.1 Å². The highest BCUT2D eigenvalue weighted by atomic mass is 79.9. The third-order valence-corrected chi connectivity index (χ3v) is 4.38. The summed E-state index contributed by atoms with van der Waals surface area (Å²) in [5, 5.41) is 4.86. The van der Waals surface area contributed by atoms with Crippen LogP contribution in [0.2, 0.25) is 0 Å². The minimum Gasteiger partial charge on any atom is -0.309 e. The lowest BCUT2D eigenvalue weighted by Crippen LogP contribution is -2.21. The average Bonchev–Trinajstić information content (AvgIpc) is 2.77. The minimum atomic E-state index is -4.38. The summed E-state index contributed by atoms with van der Waals surface area (Å²) in [6, 6.07) is 5.71. The monoisotopic (exact) mass is 363 g/mol. The van der Waals surface area contributed by atoms with Gasteiger partial charge in [0.15, 0.2) is 0 Å². The van der Waals surface area contributed by atoms with Crippen LogP contribution >= 0.6 is 27.3 Å². The first-order valence-corrected chi connectivity index (χ1v) is 7.59. The number of hydrogen-bond donors (Lipinski definition) is 1. The van der Waals surface area contributed by atoms with Gasteiger partial charge in [0.25, 0.3) is 0 Å². The van der Waals surface area contributed by atoms with Crippen LogP contribution in [0.5, 0.6) is 0 Å². The molecule has 0 bridgehead atoms. The van der Waals surface area contributed by atoms with Crippen molar-refractivity contribution >= 4 is 27.3 Å². The van der Waals surface area contributed by atoms with E-state index in [-0.39, 0.29) is 5.56 Å². The van der Waals surface area contributed by atoms with Crippen LogP contribution in [-0.4, -0.2) is 7.05 Å². The summed E-state index contributed by atoms with van der Waals surface area (Å²) in [6.07, 6.45) is -4.38. The zero-order valence-electron chi connectivity index (χ0n) is 10.9. The van der Waals surface area contributed by atoms with Crippen LogP contribution in [0.3, 0.4) is 0 Å². The van der Waals surface area contributed by atoms with Crippen LogP contribution in [0, 0.1) is 6.92 Å². The van der Waals surface area contributed by atoms with Gasteiger partial charge < -0.3 is 5.32 Å². The Morgan fingerprint density at radius 3 is 2.45 bits per heavy atom. The summed E-state index contributed by atoms with van der Waals surface area (Å²) in [5.74, 6) is 0. The predicted octanol–water partition coefficient (Wildman–Crippen LogP) is 5.15. The number of benzene rings is 1. The van der Waals surface area contributed by atoms with Crippen molar-refractivity contribution in [3.63, 3.8) is 0 Å². The average molecular weight is 364 g/mol. The van der Waals surface area contributed by atoms with Crippen LogP contribution < -0.4 is 5.32 Å². The first-order valence-electron chi connectivity index (χ1n) is 5.92. The van der Waals surface area contributed by atoms with Crippen molar-refractivity contribution in [3.8, 4) is 0 Å². The zero-order chi connectivity index (χ0) is 14.9. The highest BCUT2D eigenvalue weighted by Gasteiger charge is 2.35. The van der Waals surface area contributed by atoms with E-state index in [2.05, 4.69) is 21.2 Å². The van der Waals surface area contributed by atoms with Crippen molar-refractivity contribution in [1.29, 1.82) is 0 Å². The number of alkyl halides is 3. The van der Waals surface area contributed by atoms with E-state index in [9.17, 15) is 13.2 Å². The zero-order valence-corrected chi connectivity index (χ0v) is 13.3. The van der Waals surface area contributed by atoms with Crippen LogP contribution in [-0.2, 0) is 6.18 Å². The van der Waals surface area contributed by atoms with Crippen LogP contribution in [0.25, 0.3) is 0 Å². The summed E-state index contributed by atoms with van der Waals surface area (Å²) >= 11 is 4.63. The molecule has 0 aliphatic heterocycles. The lowest BCUT2D eigenvalue weighted by molar-refractivity contribution is -0.138. The standard InChI is InChI=1S/C14H13BrF3NS/c1-8-5-9(7-20-8)13(19-2)11-4-3-10(15)6-12(11)14(16,17)18/h3-7,13,19H,1-2H3. The number of hydrogen-bond acceptors (Lipinski definition) is 2. The van der Waals surface area contributed by atoms with Gasteiger partial charge in [-0.05, 0) is 48.7 Å². The van der Waals surface area contributed by atoms with Crippen LogP contribution in [0.4, 0.5) is 13.2 Å². The Kier molecular flexibility index (Phi) is 4.56. The van der Waals surface area contributed by atoms with E-state index in [0.29, 0.717) is 4.47 Å². The quantitative estimate of drug-likeness (QED) is 0.795. The van der Waals surface area contributed by atoms with E-state index < -0.39 is 17.8 Å². The second-order valence-corrected chi connectivity index (χ2v) is 6.47. The molecule has 6 heteroatoms. The highest BCUT2D eigenvalue weighted by molar-refractivity contribution is 9.10. The van der Waals surface area contributed by atoms with E-state index in [1.807, 2.05) is 18.4 Å². The molecule has 0 radical (unpaired) electrons. The molecule has 20 heavy (non-hydrogen) atoms. The van der Waals surface area contributed by atoms with Gasteiger partial charge >= 0.3 is 6.18 Å². The molecule has 1 aromatic carbocycles. The molecule has 1 nitrogen and oxygen atoms in total. The van der Waals surface area contributed by atoms with Crippen molar-refractivity contribution in [2.75, 3.05) is 7.05 Å². The summed E-state index contributed by atoms with van der Waals surface area (Å²) in [7, 11) is 1.67. The maximum Gasteiger partial charge on any atom is 0.416 e. The fourth-order valence-electron chi connectivity index (χ4n) is 2.14. The molecule has 1 atom stereocenters. The van der Waals surface area contributed by atoms with Gasteiger partial charge in [0.05, 0.1) is 11.6 Å². The molecule has 108 valence electrons. The third-order valence-electron chi connectivity index (χ3n) is 3.00. The molecule has 1 N–H and O–H groups in total. The van der Waals surface area contributed by atoms with Crippen molar-refractivity contribution < 1.29 is 13.2 Å². The van der Waals surface area contributed by atoms with Gasteiger partial charge in [-0.2, -0.15) is 13.2 Å². The lowest BCUT2D eigenvalue weighted by atomic mass is 9.95. The summed E-state index contributed by atoms with van der Waals surface area (Å²) < 4.78 is 40.0. The van der Waals surface area contributed by atoms with Crippen LogP contribution in [0.15, 0.2) is 34.1 Å². The third kappa shape index (κ3) is 3.24. The Bertz CT molecular complexity index is 607. The van der Waals surface area contributed by atoms with Crippen molar-refractivity contribution in [2.24, 2.45) is 0 Å². The number of halogens is 4. The molecule has 2 rings (SSSR count). The Hall–Kier alpha value is -0.850. The molecule has 0 saturated carbocycles. The molecule has 1 unspecified atom stereocenters. The molecule has 0 amide bonds. The Labute approximate surface area is 128 Å². The van der Waals surface area contributed by atoms with Gasteiger partial charge in [0, 0.05) is 9.35 Å². The summed E-state index contributed by atoms with van der Waals surface area (Å²) in [6.45, 7) is 1.94. The first-order chi connectivity index (χ1) is 9.32. The predicted molar refractivity (Wildman–Crippen MR) is 79.1 cm³/mol. The maximum absolute atomic E-state index is 13.2. The van der Waals surface area contributed by atoms with Crippen molar-refractivity contribution in [3.05, 3.63) is 55.7 Å². The number of aryl methyl sites for hydroxylation is 1. The van der Waals surface area contributed by atoms with E-state index in [1.165, 1.54) is 17.4 Å². The molecule has 0 aliphatic carbocycles. The molecule has 1 heterocycles. The van der Waals surface area contributed by atoms with Gasteiger partial charge in [-0.15, -0.1) is 11.3 Å². The van der Waals surface area contributed by atoms with Gasteiger partial charge in [-0.1, -0.05) is 22.0 Å². The second-order valence-electron chi connectivity index (χ2n) is 4.44. The van der Waals surface area contributed by atoms with Gasteiger partial charge in [0.2, 0.25) is 0 Å². The van der Waals surface area contributed by atoms with Gasteiger partial charge in [-0.3, -0.25) is 0 Å². The van der Waals surface area contributed by atoms with Crippen molar-refractivity contribution in [1.82, 2.24) is 5.32 Å². The lowest BCUT2D eigenvalue weighted by Gasteiger charge is -2.21. The number of thiophene rings is 1. The molecule has 1 aromatic heterocycles. The van der Waals surface area contributed by atoms with E-state index in [4.69, 9.17) is 0 Å². The molecule has 2 aromatic rings. The first kappa shape index (κ1) is 15.5. The molecule has 0 aliphatic rings. The molecular weight excluding hydrogens is 351 g/mol. The smallest absolute Gasteiger partial charge is 0.309 e. The molecule has 0 spiro atoms. The fraction of sp³-hybridized carbons (Fsp3) is 0.286. The maximum atomic E-state index is 13.2. The van der Waals surface area contributed by atoms with E-state index >= 15 is 0 Å². The fourth-order valence-corrected chi connectivity index (χ4v) is 3.23. The largest absolute Gasteiger partial charge is 0.416 e. The molecule has 0 saturated heterocycles. The number of nitrogens with one attached hydrogen (secondary N) is 1.